The summed E-state index contributed by atoms with van der Waals surface area (Å²) in [5.41, 5.74) is 0.390. The van der Waals surface area contributed by atoms with Crippen LogP contribution in [-0.2, 0) is 14.8 Å². The third kappa shape index (κ3) is 5.17. The van der Waals surface area contributed by atoms with E-state index in [0.717, 1.165) is 30.3 Å². The van der Waals surface area contributed by atoms with Gasteiger partial charge in [-0.1, -0.05) is 30.0 Å². The predicted molar refractivity (Wildman–Crippen MR) is 96.9 cm³/mol. The van der Waals surface area contributed by atoms with Crippen molar-refractivity contribution in [3.63, 3.8) is 0 Å². The smallest absolute Gasteiger partial charge is 0.238 e. The topological polar surface area (TPSA) is 92.5 Å². The summed E-state index contributed by atoms with van der Waals surface area (Å²) in [4.78, 5) is 14.3. The lowest BCUT2D eigenvalue weighted by Crippen LogP contribution is -2.29. The number of thiocarbonyl (C=S) groups is 1. The minimum absolute atomic E-state index is 0.0387. The molecule has 126 valence electrons. The van der Waals surface area contributed by atoms with E-state index in [1.165, 1.54) is 30.0 Å². The lowest BCUT2D eigenvalue weighted by molar-refractivity contribution is -0.115. The van der Waals surface area contributed by atoms with Crippen LogP contribution in [-0.4, -0.2) is 41.9 Å². The molecule has 0 spiro atoms. The van der Waals surface area contributed by atoms with Crippen LogP contribution in [0.1, 0.15) is 19.8 Å². The maximum atomic E-state index is 12.2. The molecule has 1 saturated heterocycles. The summed E-state index contributed by atoms with van der Waals surface area (Å²) in [6, 6.07) is 5.86. The van der Waals surface area contributed by atoms with Crippen molar-refractivity contribution in [1.29, 1.82) is 0 Å². The molecule has 6 nitrogen and oxygen atoms in total. The number of thioether (sulfide) groups is 1. The standard InChI is InChI=1S/C14H19N3O3S3/c1-10(22-14(21)17-7-2-3-8-17)13(18)16-11-5-4-6-12(9-11)23(15,19)20/h4-6,9-10H,2-3,7-8H2,1H3,(H,16,18)(H2,15,19,20)/t10-/m1/s1. The molecule has 9 heteroatoms. The van der Waals surface area contributed by atoms with Crippen molar-refractivity contribution in [3.8, 4) is 0 Å². The molecule has 1 heterocycles. The summed E-state index contributed by atoms with van der Waals surface area (Å²) in [6.45, 7) is 3.65. The number of amides is 1. The Morgan fingerprint density at radius 1 is 1.39 bits per heavy atom. The fourth-order valence-corrected chi connectivity index (χ4v) is 4.15. The minimum atomic E-state index is -3.80. The molecule has 1 fully saturated rings. The van der Waals surface area contributed by atoms with Crippen molar-refractivity contribution in [2.24, 2.45) is 5.14 Å². The Balaban J connectivity index is 1.97. The van der Waals surface area contributed by atoms with Gasteiger partial charge in [-0.3, -0.25) is 4.79 Å². The first-order valence-electron chi connectivity index (χ1n) is 7.16. The second-order valence-electron chi connectivity index (χ2n) is 5.28. The molecule has 1 aliphatic rings. The van der Waals surface area contributed by atoms with Gasteiger partial charge >= 0.3 is 0 Å². The van der Waals surface area contributed by atoms with Gasteiger partial charge in [0.15, 0.2) is 0 Å². The highest BCUT2D eigenvalue weighted by molar-refractivity contribution is 8.23. The summed E-state index contributed by atoms with van der Waals surface area (Å²) in [6.07, 6.45) is 2.25. The molecule has 1 aromatic carbocycles. The largest absolute Gasteiger partial charge is 0.358 e. The number of nitrogens with two attached hydrogens (primary N) is 1. The van der Waals surface area contributed by atoms with Gasteiger partial charge in [-0.2, -0.15) is 0 Å². The molecule has 1 aliphatic heterocycles. The number of hydrogen-bond donors (Lipinski definition) is 2. The molecular weight excluding hydrogens is 354 g/mol. The molecule has 1 aromatic rings. The zero-order valence-corrected chi connectivity index (χ0v) is 15.1. The van der Waals surface area contributed by atoms with Gasteiger partial charge in [-0.25, -0.2) is 13.6 Å². The van der Waals surface area contributed by atoms with Crippen LogP contribution in [0.15, 0.2) is 29.2 Å². The maximum absolute atomic E-state index is 12.2. The highest BCUT2D eigenvalue weighted by Crippen LogP contribution is 2.22. The van der Waals surface area contributed by atoms with Gasteiger partial charge in [0.05, 0.1) is 10.1 Å². The van der Waals surface area contributed by atoms with E-state index in [4.69, 9.17) is 17.4 Å². The summed E-state index contributed by atoms with van der Waals surface area (Å²) >= 11 is 6.69. The van der Waals surface area contributed by atoms with Gasteiger partial charge in [0.1, 0.15) is 4.32 Å². The lowest BCUT2D eigenvalue weighted by atomic mass is 10.3. The Morgan fingerprint density at radius 3 is 2.65 bits per heavy atom. The highest BCUT2D eigenvalue weighted by Gasteiger charge is 2.21. The van der Waals surface area contributed by atoms with Crippen LogP contribution < -0.4 is 10.5 Å². The molecule has 0 saturated carbocycles. The SMILES string of the molecule is C[C@@H](SC(=S)N1CCCC1)C(=O)Nc1cccc(S(N)(=O)=O)c1. The third-order valence-electron chi connectivity index (χ3n) is 3.44. The third-order valence-corrected chi connectivity index (χ3v) is 5.93. The Bertz CT molecular complexity index is 700. The number of carbonyl (C=O) groups excluding carboxylic acids is 1. The van der Waals surface area contributed by atoms with Gasteiger partial charge in [-0.15, -0.1) is 0 Å². The fourth-order valence-electron chi connectivity index (χ4n) is 2.17. The average molecular weight is 374 g/mol. The molecule has 1 amide bonds. The zero-order valence-electron chi connectivity index (χ0n) is 12.7. The normalized spacial score (nSPS) is 16.2. The minimum Gasteiger partial charge on any atom is -0.358 e. The molecule has 0 unspecified atom stereocenters. The summed E-state index contributed by atoms with van der Waals surface area (Å²) in [5, 5.41) is 7.40. The Morgan fingerprint density at radius 2 is 2.04 bits per heavy atom. The van der Waals surface area contributed by atoms with Crippen LogP contribution in [0.4, 0.5) is 5.69 Å². The van der Waals surface area contributed by atoms with Gasteiger partial charge in [0, 0.05) is 18.8 Å². The number of carbonyl (C=O) groups is 1. The van der Waals surface area contributed by atoms with Crippen molar-refractivity contribution in [3.05, 3.63) is 24.3 Å². The monoisotopic (exact) mass is 373 g/mol. The molecule has 0 bridgehead atoms. The van der Waals surface area contributed by atoms with E-state index < -0.39 is 10.0 Å². The number of primary sulfonamides is 1. The number of anilines is 1. The van der Waals surface area contributed by atoms with E-state index in [0.29, 0.717) is 5.69 Å². The molecule has 0 radical (unpaired) electrons. The van der Waals surface area contributed by atoms with Gasteiger partial charge < -0.3 is 10.2 Å². The molecule has 23 heavy (non-hydrogen) atoms. The van der Waals surface area contributed by atoms with Gasteiger partial charge in [0.25, 0.3) is 0 Å². The van der Waals surface area contributed by atoms with Crippen LogP contribution in [0.3, 0.4) is 0 Å². The van der Waals surface area contributed by atoms with Gasteiger partial charge in [-0.05, 0) is 38.0 Å². The quantitative estimate of drug-likeness (QED) is 0.782. The van der Waals surface area contributed by atoms with E-state index in [1.807, 2.05) is 0 Å². The highest BCUT2D eigenvalue weighted by atomic mass is 32.2. The number of likely N-dealkylation sites (tertiary alicyclic amines) is 1. The number of nitrogens with zero attached hydrogens (tertiary/aromatic N) is 1. The molecule has 1 atom stereocenters. The van der Waals surface area contributed by atoms with Crippen molar-refractivity contribution >= 4 is 49.9 Å². The zero-order chi connectivity index (χ0) is 17.0. The molecule has 0 aromatic heterocycles. The first-order valence-corrected chi connectivity index (χ1v) is 10.00. The fraction of sp³-hybridized carbons (Fsp3) is 0.429. The number of hydrogen-bond acceptors (Lipinski definition) is 5. The van der Waals surface area contributed by atoms with Gasteiger partial charge in [0.2, 0.25) is 15.9 Å². The van der Waals surface area contributed by atoms with Crippen LogP contribution >= 0.6 is 24.0 Å². The summed E-state index contributed by atoms with van der Waals surface area (Å²) in [7, 11) is -3.80. The van der Waals surface area contributed by atoms with Crippen LogP contribution in [0.5, 0.6) is 0 Å². The van der Waals surface area contributed by atoms with Crippen LogP contribution in [0, 0.1) is 0 Å². The second-order valence-corrected chi connectivity index (χ2v) is 8.82. The number of nitrogens with one attached hydrogen (secondary N) is 1. The van der Waals surface area contributed by atoms with E-state index in [1.54, 1.807) is 13.0 Å². The molecular formula is C14H19N3O3S3. The Hall–Kier alpha value is -1.16. The van der Waals surface area contributed by atoms with Crippen LogP contribution in [0.2, 0.25) is 0 Å². The van der Waals surface area contributed by atoms with E-state index in [9.17, 15) is 13.2 Å². The first-order chi connectivity index (χ1) is 10.8. The number of sulfonamides is 1. The number of benzene rings is 1. The second kappa shape index (κ2) is 7.61. The first kappa shape index (κ1) is 18.2. The summed E-state index contributed by atoms with van der Waals surface area (Å²) in [5.74, 6) is -0.233. The average Bonchev–Trinajstić information content (AvgIpc) is 3.00. The van der Waals surface area contributed by atoms with Crippen molar-refractivity contribution in [1.82, 2.24) is 4.90 Å². The lowest BCUT2D eigenvalue weighted by Gasteiger charge is -2.20. The Labute approximate surface area is 145 Å². The molecule has 0 aliphatic carbocycles. The summed E-state index contributed by atoms with van der Waals surface area (Å²) < 4.78 is 23.4. The van der Waals surface area contributed by atoms with Crippen molar-refractivity contribution < 1.29 is 13.2 Å². The molecule has 3 N–H and O–H groups in total. The van der Waals surface area contributed by atoms with E-state index >= 15 is 0 Å². The Kier molecular flexibility index (Phi) is 6.01. The molecule has 2 rings (SSSR count). The van der Waals surface area contributed by atoms with Crippen molar-refractivity contribution in [2.45, 2.75) is 29.9 Å². The number of rotatable bonds is 4. The van der Waals surface area contributed by atoms with Crippen LogP contribution in [0.25, 0.3) is 0 Å². The van der Waals surface area contributed by atoms with E-state index in [2.05, 4.69) is 10.2 Å². The van der Waals surface area contributed by atoms with Crippen molar-refractivity contribution in [2.75, 3.05) is 18.4 Å². The predicted octanol–water partition coefficient (Wildman–Crippen LogP) is 1.77. The van der Waals surface area contributed by atoms with E-state index in [-0.39, 0.29) is 16.1 Å². The maximum Gasteiger partial charge on any atom is 0.238 e.